The molecule has 1 aliphatic carbocycles. The van der Waals surface area contributed by atoms with E-state index in [9.17, 15) is 9.59 Å². The highest BCUT2D eigenvalue weighted by atomic mass is 16.4. The van der Waals surface area contributed by atoms with Gasteiger partial charge < -0.3 is 10.4 Å². The maximum atomic E-state index is 12.0. The highest BCUT2D eigenvalue weighted by Gasteiger charge is 2.45. The molecule has 0 saturated heterocycles. The lowest BCUT2D eigenvalue weighted by atomic mass is 9.97. The first-order chi connectivity index (χ1) is 8.90. The molecule has 1 aliphatic rings. The molecule has 0 aromatic heterocycles. The van der Waals surface area contributed by atoms with Gasteiger partial charge in [0.1, 0.15) is 0 Å². The van der Waals surface area contributed by atoms with Gasteiger partial charge in [-0.1, -0.05) is 12.1 Å². The number of rotatable bonds is 5. The molecule has 4 heteroatoms. The van der Waals surface area contributed by atoms with Crippen molar-refractivity contribution in [2.75, 3.05) is 5.32 Å². The van der Waals surface area contributed by atoms with Crippen LogP contribution in [-0.4, -0.2) is 17.0 Å². The SMILES string of the molecule is Cc1ccc(C)c(NC(=O)CC2(CC(=O)O)CC2)c1. The molecule has 0 spiro atoms. The van der Waals surface area contributed by atoms with Crippen molar-refractivity contribution < 1.29 is 14.7 Å². The van der Waals surface area contributed by atoms with Crippen LogP contribution in [0.4, 0.5) is 5.69 Å². The molecule has 4 nitrogen and oxygen atoms in total. The van der Waals surface area contributed by atoms with Crippen LogP contribution in [0.1, 0.15) is 36.8 Å². The monoisotopic (exact) mass is 261 g/mol. The van der Waals surface area contributed by atoms with Crippen LogP contribution in [0.15, 0.2) is 18.2 Å². The second-order valence-electron chi connectivity index (χ2n) is 5.61. The predicted molar refractivity (Wildman–Crippen MR) is 73.1 cm³/mol. The second-order valence-corrected chi connectivity index (χ2v) is 5.61. The molecule has 1 fully saturated rings. The summed E-state index contributed by atoms with van der Waals surface area (Å²) in [5.74, 6) is -0.913. The summed E-state index contributed by atoms with van der Waals surface area (Å²) in [6.07, 6.45) is 2.05. The fraction of sp³-hybridized carbons (Fsp3) is 0.467. The molecular formula is C15H19NO3. The number of carboxylic acids is 1. The Hall–Kier alpha value is -1.84. The van der Waals surface area contributed by atoms with Crippen LogP contribution in [0, 0.1) is 19.3 Å². The van der Waals surface area contributed by atoms with Gasteiger partial charge in [0.15, 0.2) is 0 Å². The van der Waals surface area contributed by atoms with E-state index in [0.717, 1.165) is 29.7 Å². The second kappa shape index (κ2) is 5.03. The molecule has 102 valence electrons. The lowest BCUT2D eigenvalue weighted by Gasteiger charge is -2.14. The molecule has 2 rings (SSSR count). The molecule has 0 bridgehead atoms. The quantitative estimate of drug-likeness (QED) is 0.856. The number of nitrogens with one attached hydrogen (secondary N) is 1. The van der Waals surface area contributed by atoms with E-state index in [-0.39, 0.29) is 17.7 Å². The van der Waals surface area contributed by atoms with Crippen LogP contribution in [0.2, 0.25) is 0 Å². The van der Waals surface area contributed by atoms with E-state index in [0.29, 0.717) is 6.42 Å². The lowest BCUT2D eigenvalue weighted by molar-refractivity contribution is -0.138. The number of amides is 1. The molecule has 2 N–H and O–H groups in total. The topological polar surface area (TPSA) is 66.4 Å². The maximum absolute atomic E-state index is 12.0. The van der Waals surface area contributed by atoms with Crippen LogP contribution >= 0.6 is 0 Å². The summed E-state index contributed by atoms with van der Waals surface area (Å²) in [5, 5.41) is 11.7. The third kappa shape index (κ3) is 3.56. The standard InChI is InChI=1S/C15H19NO3/c1-10-3-4-11(2)12(7-10)16-13(17)8-15(5-6-15)9-14(18)19/h3-4,7H,5-6,8-9H2,1-2H3,(H,16,17)(H,18,19). The van der Waals surface area contributed by atoms with Gasteiger partial charge in [-0.2, -0.15) is 0 Å². The van der Waals surface area contributed by atoms with Gasteiger partial charge in [-0.15, -0.1) is 0 Å². The fourth-order valence-electron chi connectivity index (χ4n) is 2.32. The Morgan fingerprint density at radius 1 is 1.26 bits per heavy atom. The van der Waals surface area contributed by atoms with Crippen molar-refractivity contribution in [2.45, 2.75) is 39.5 Å². The van der Waals surface area contributed by atoms with Gasteiger partial charge in [0.2, 0.25) is 5.91 Å². The summed E-state index contributed by atoms with van der Waals surface area (Å²) in [4.78, 5) is 22.8. The first-order valence-electron chi connectivity index (χ1n) is 6.49. The summed E-state index contributed by atoms with van der Waals surface area (Å²) in [7, 11) is 0. The minimum absolute atomic E-state index is 0.0903. The van der Waals surface area contributed by atoms with Crippen LogP contribution in [-0.2, 0) is 9.59 Å². The molecule has 0 radical (unpaired) electrons. The van der Waals surface area contributed by atoms with E-state index in [1.54, 1.807) is 0 Å². The van der Waals surface area contributed by atoms with Crippen molar-refractivity contribution in [2.24, 2.45) is 5.41 Å². The molecule has 1 saturated carbocycles. The summed E-state index contributed by atoms with van der Waals surface area (Å²) < 4.78 is 0. The van der Waals surface area contributed by atoms with Gasteiger partial charge in [-0.25, -0.2) is 0 Å². The number of hydrogen-bond donors (Lipinski definition) is 2. The minimum Gasteiger partial charge on any atom is -0.481 e. The van der Waals surface area contributed by atoms with E-state index < -0.39 is 5.97 Å². The summed E-state index contributed by atoms with van der Waals surface area (Å²) in [6, 6.07) is 5.90. The van der Waals surface area contributed by atoms with Crippen molar-refractivity contribution in [3.8, 4) is 0 Å². The molecule has 19 heavy (non-hydrogen) atoms. The van der Waals surface area contributed by atoms with E-state index in [1.807, 2.05) is 32.0 Å². The summed E-state index contributed by atoms with van der Waals surface area (Å²) in [5.41, 5.74) is 2.62. The highest BCUT2D eigenvalue weighted by molar-refractivity contribution is 5.92. The van der Waals surface area contributed by atoms with Crippen LogP contribution < -0.4 is 5.32 Å². The zero-order chi connectivity index (χ0) is 14.0. The molecule has 1 aromatic carbocycles. The number of carboxylic acid groups (broad SMARTS) is 1. The third-order valence-electron chi connectivity index (χ3n) is 3.69. The third-order valence-corrected chi connectivity index (χ3v) is 3.69. The minimum atomic E-state index is -0.822. The molecule has 1 aromatic rings. The van der Waals surface area contributed by atoms with Crippen molar-refractivity contribution >= 4 is 17.6 Å². The number of aryl methyl sites for hydroxylation is 2. The zero-order valence-electron chi connectivity index (χ0n) is 11.3. The van der Waals surface area contributed by atoms with Crippen LogP contribution in [0.25, 0.3) is 0 Å². The van der Waals surface area contributed by atoms with Gasteiger partial charge in [-0.05, 0) is 49.3 Å². The molecule has 0 atom stereocenters. The Bertz CT molecular complexity index is 518. The molecule has 0 unspecified atom stereocenters. The number of benzene rings is 1. The first kappa shape index (κ1) is 13.6. The normalized spacial score (nSPS) is 15.9. The number of anilines is 1. The Kier molecular flexibility index (Phi) is 3.60. The van der Waals surface area contributed by atoms with E-state index in [4.69, 9.17) is 5.11 Å². The average molecular weight is 261 g/mol. The number of carbonyl (C=O) groups excluding carboxylic acids is 1. The number of aliphatic carboxylic acids is 1. The van der Waals surface area contributed by atoms with E-state index >= 15 is 0 Å². The molecular weight excluding hydrogens is 242 g/mol. The van der Waals surface area contributed by atoms with Crippen molar-refractivity contribution in [3.63, 3.8) is 0 Å². The highest BCUT2D eigenvalue weighted by Crippen LogP contribution is 2.51. The predicted octanol–water partition coefficient (Wildman–Crippen LogP) is 2.89. The Morgan fingerprint density at radius 2 is 1.95 bits per heavy atom. The smallest absolute Gasteiger partial charge is 0.303 e. The van der Waals surface area contributed by atoms with Crippen LogP contribution in [0.3, 0.4) is 0 Å². The fourth-order valence-corrected chi connectivity index (χ4v) is 2.32. The Morgan fingerprint density at radius 3 is 2.53 bits per heavy atom. The van der Waals surface area contributed by atoms with E-state index in [2.05, 4.69) is 5.32 Å². The molecule has 0 heterocycles. The number of carbonyl (C=O) groups is 2. The lowest BCUT2D eigenvalue weighted by Crippen LogP contribution is -2.20. The Balaban J connectivity index is 1.98. The average Bonchev–Trinajstić information content (AvgIpc) is 3.01. The van der Waals surface area contributed by atoms with Gasteiger partial charge >= 0.3 is 5.97 Å². The van der Waals surface area contributed by atoms with Gasteiger partial charge in [0.25, 0.3) is 0 Å². The van der Waals surface area contributed by atoms with Gasteiger partial charge in [0, 0.05) is 12.1 Å². The first-order valence-corrected chi connectivity index (χ1v) is 6.49. The number of hydrogen-bond acceptors (Lipinski definition) is 2. The van der Waals surface area contributed by atoms with Crippen molar-refractivity contribution in [3.05, 3.63) is 29.3 Å². The van der Waals surface area contributed by atoms with Gasteiger partial charge in [0.05, 0.1) is 6.42 Å². The van der Waals surface area contributed by atoms with Crippen molar-refractivity contribution in [1.82, 2.24) is 0 Å². The van der Waals surface area contributed by atoms with Crippen LogP contribution in [0.5, 0.6) is 0 Å². The largest absolute Gasteiger partial charge is 0.481 e. The van der Waals surface area contributed by atoms with Gasteiger partial charge in [-0.3, -0.25) is 9.59 Å². The molecule has 1 amide bonds. The summed E-state index contributed by atoms with van der Waals surface area (Å²) >= 11 is 0. The zero-order valence-corrected chi connectivity index (χ0v) is 11.3. The van der Waals surface area contributed by atoms with E-state index in [1.165, 1.54) is 0 Å². The Labute approximate surface area is 112 Å². The molecule has 0 aliphatic heterocycles. The maximum Gasteiger partial charge on any atom is 0.303 e. The summed E-state index contributed by atoms with van der Waals surface area (Å²) in [6.45, 7) is 3.92. The van der Waals surface area contributed by atoms with Crippen molar-refractivity contribution in [1.29, 1.82) is 0 Å².